The van der Waals surface area contributed by atoms with Gasteiger partial charge in [0.15, 0.2) is 0 Å². The Hall–Kier alpha value is -2.20. The molecular weight excluding hydrogens is 334 g/mol. The smallest absolute Gasteiger partial charge is 0.254 e. The summed E-state index contributed by atoms with van der Waals surface area (Å²) < 4.78 is 0. The van der Waals surface area contributed by atoms with Crippen molar-refractivity contribution in [3.8, 4) is 0 Å². The van der Waals surface area contributed by atoms with Crippen molar-refractivity contribution in [3.63, 3.8) is 0 Å². The van der Waals surface area contributed by atoms with E-state index in [9.17, 15) is 4.79 Å². The molecule has 0 bridgehead atoms. The van der Waals surface area contributed by atoms with Crippen molar-refractivity contribution in [2.45, 2.75) is 39.5 Å². The predicted molar refractivity (Wildman–Crippen MR) is 110 cm³/mol. The number of aromatic nitrogens is 1. The van der Waals surface area contributed by atoms with Crippen LogP contribution in [0.3, 0.4) is 0 Å². The molecule has 0 atom stereocenters. The Kier molecular flexibility index (Phi) is 6.62. The number of fused-ring (bicyclic) bond motifs is 1. The van der Waals surface area contributed by atoms with Gasteiger partial charge in [-0.05, 0) is 100 Å². The Bertz CT molecular complexity index is 773. The minimum atomic E-state index is 0.208. The molecule has 0 fully saturated rings. The Morgan fingerprint density at radius 1 is 1.07 bits per heavy atom. The molecule has 0 spiro atoms. The summed E-state index contributed by atoms with van der Waals surface area (Å²) in [6, 6.07) is 8.44. The molecule has 1 aromatic heterocycles. The number of carbonyl (C=O) groups is 1. The number of benzene rings is 1. The fraction of sp³-hybridized carbons (Fsp3) is 0.478. The molecule has 0 aliphatic carbocycles. The highest BCUT2D eigenvalue weighted by Crippen LogP contribution is 2.23. The summed E-state index contributed by atoms with van der Waals surface area (Å²) in [6.45, 7) is 8.01. The normalized spacial score (nSPS) is 13.9. The molecule has 0 saturated heterocycles. The standard InChI is InChI=1S/C23H31N3O/c1-18-16-21-9-15-26(23(27)22(21)17-19(18)2)14-5-13-25(3)12-4-6-20-7-10-24-11-8-20/h7-8,10-11,16-17H,4-6,9,12-15H2,1-3H3. The molecule has 0 unspecified atom stereocenters. The molecule has 27 heavy (non-hydrogen) atoms. The van der Waals surface area contributed by atoms with Crippen LogP contribution in [0.15, 0.2) is 36.7 Å². The van der Waals surface area contributed by atoms with E-state index in [1.165, 1.54) is 22.3 Å². The number of hydrogen-bond acceptors (Lipinski definition) is 3. The van der Waals surface area contributed by atoms with Gasteiger partial charge in [0.1, 0.15) is 0 Å². The molecule has 1 aliphatic heterocycles. The highest BCUT2D eigenvalue weighted by molar-refractivity contribution is 5.97. The second-order valence-corrected chi connectivity index (χ2v) is 7.75. The topological polar surface area (TPSA) is 36.4 Å². The number of nitrogens with zero attached hydrogens (tertiary/aromatic N) is 3. The SMILES string of the molecule is Cc1cc2c(cc1C)C(=O)N(CCCN(C)CCCc1ccncc1)CC2. The van der Waals surface area contributed by atoms with Gasteiger partial charge in [-0.1, -0.05) is 6.07 Å². The first-order chi connectivity index (χ1) is 13.0. The van der Waals surface area contributed by atoms with Gasteiger partial charge in [-0.15, -0.1) is 0 Å². The molecule has 2 aromatic rings. The Balaban J connectivity index is 1.41. The Morgan fingerprint density at radius 2 is 1.78 bits per heavy atom. The lowest BCUT2D eigenvalue weighted by molar-refractivity contribution is 0.0733. The van der Waals surface area contributed by atoms with Crippen molar-refractivity contribution in [2.75, 3.05) is 33.2 Å². The van der Waals surface area contributed by atoms with E-state index in [2.05, 4.69) is 55.0 Å². The van der Waals surface area contributed by atoms with Gasteiger partial charge in [-0.3, -0.25) is 9.78 Å². The molecule has 1 amide bonds. The van der Waals surface area contributed by atoms with Gasteiger partial charge in [0.05, 0.1) is 0 Å². The third-order valence-corrected chi connectivity index (χ3v) is 5.61. The van der Waals surface area contributed by atoms with E-state index in [0.717, 1.165) is 57.4 Å². The Labute approximate surface area is 163 Å². The summed E-state index contributed by atoms with van der Waals surface area (Å²) in [5.74, 6) is 0.208. The number of hydrogen-bond donors (Lipinski definition) is 0. The van der Waals surface area contributed by atoms with Crippen LogP contribution in [0, 0.1) is 13.8 Å². The van der Waals surface area contributed by atoms with Gasteiger partial charge in [0, 0.05) is 31.0 Å². The van der Waals surface area contributed by atoms with Crippen LogP contribution in [0.25, 0.3) is 0 Å². The highest BCUT2D eigenvalue weighted by Gasteiger charge is 2.24. The third kappa shape index (κ3) is 5.16. The van der Waals surface area contributed by atoms with Gasteiger partial charge in [0.25, 0.3) is 5.91 Å². The van der Waals surface area contributed by atoms with Crippen LogP contribution in [0.2, 0.25) is 0 Å². The maximum atomic E-state index is 12.8. The summed E-state index contributed by atoms with van der Waals surface area (Å²) in [7, 11) is 2.17. The molecule has 0 radical (unpaired) electrons. The van der Waals surface area contributed by atoms with E-state index in [1.807, 2.05) is 17.3 Å². The molecule has 0 N–H and O–H groups in total. The van der Waals surface area contributed by atoms with Gasteiger partial charge in [-0.25, -0.2) is 0 Å². The van der Waals surface area contributed by atoms with E-state index >= 15 is 0 Å². The maximum Gasteiger partial charge on any atom is 0.254 e. The molecule has 2 heterocycles. The van der Waals surface area contributed by atoms with Crippen LogP contribution in [0.1, 0.15) is 45.5 Å². The second kappa shape index (κ2) is 9.14. The lowest BCUT2D eigenvalue weighted by atomic mass is 9.94. The second-order valence-electron chi connectivity index (χ2n) is 7.75. The number of carbonyl (C=O) groups excluding carboxylic acids is 1. The van der Waals surface area contributed by atoms with Crippen LogP contribution >= 0.6 is 0 Å². The average molecular weight is 366 g/mol. The van der Waals surface area contributed by atoms with E-state index < -0.39 is 0 Å². The fourth-order valence-corrected chi connectivity index (χ4v) is 3.77. The molecular formula is C23H31N3O. The van der Waals surface area contributed by atoms with Crippen LogP contribution < -0.4 is 0 Å². The number of aryl methyl sites for hydroxylation is 3. The lowest BCUT2D eigenvalue weighted by Crippen LogP contribution is -2.39. The van der Waals surface area contributed by atoms with Gasteiger partial charge in [-0.2, -0.15) is 0 Å². The number of amides is 1. The molecule has 3 rings (SSSR count). The molecule has 1 aromatic carbocycles. The predicted octanol–water partition coefficient (Wildman–Crippen LogP) is 3.65. The van der Waals surface area contributed by atoms with Crippen molar-refractivity contribution in [3.05, 3.63) is 64.5 Å². The zero-order valence-electron chi connectivity index (χ0n) is 16.9. The highest BCUT2D eigenvalue weighted by atomic mass is 16.2. The van der Waals surface area contributed by atoms with Crippen LogP contribution in [-0.2, 0) is 12.8 Å². The first-order valence-electron chi connectivity index (χ1n) is 10.0. The van der Waals surface area contributed by atoms with Gasteiger partial charge >= 0.3 is 0 Å². The molecule has 0 saturated carbocycles. The summed E-state index contributed by atoms with van der Waals surface area (Å²) >= 11 is 0. The molecule has 4 heteroatoms. The monoisotopic (exact) mass is 365 g/mol. The van der Waals surface area contributed by atoms with Crippen molar-refractivity contribution < 1.29 is 4.79 Å². The summed E-state index contributed by atoms with van der Waals surface area (Å²) in [5, 5.41) is 0. The number of pyridine rings is 1. The number of rotatable bonds is 8. The minimum absolute atomic E-state index is 0.208. The zero-order valence-corrected chi connectivity index (χ0v) is 16.9. The van der Waals surface area contributed by atoms with E-state index in [4.69, 9.17) is 0 Å². The minimum Gasteiger partial charge on any atom is -0.338 e. The largest absolute Gasteiger partial charge is 0.338 e. The van der Waals surface area contributed by atoms with Gasteiger partial charge < -0.3 is 9.80 Å². The molecule has 1 aliphatic rings. The van der Waals surface area contributed by atoms with Crippen molar-refractivity contribution in [1.29, 1.82) is 0 Å². The third-order valence-electron chi connectivity index (χ3n) is 5.61. The first kappa shape index (κ1) is 19.6. The van der Waals surface area contributed by atoms with Gasteiger partial charge in [0.2, 0.25) is 0 Å². The Morgan fingerprint density at radius 3 is 2.56 bits per heavy atom. The van der Waals surface area contributed by atoms with Crippen LogP contribution in [0.5, 0.6) is 0 Å². The van der Waals surface area contributed by atoms with Crippen molar-refractivity contribution in [2.24, 2.45) is 0 Å². The van der Waals surface area contributed by atoms with Crippen LogP contribution in [0.4, 0.5) is 0 Å². The summed E-state index contributed by atoms with van der Waals surface area (Å²) in [6.07, 6.45) is 7.95. The van der Waals surface area contributed by atoms with E-state index in [0.29, 0.717) is 0 Å². The average Bonchev–Trinajstić information content (AvgIpc) is 2.66. The molecule has 144 valence electrons. The van der Waals surface area contributed by atoms with Crippen molar-refractivity contribution >= 4 is 5.91 Å². The zero-order chi connectivity index (χ0) is 19.2. The van der Waals surface area contributed by atoms with Crippen molar-refractivity contribution in [1.82, 2.24) is 14.8 Å². The summed E-state index contributed by atoms with van der Waals surface area (Å²) in [5.41, 5.74) is 5.96. The quantitative estimate of drug-likeness (QED) is 0.716. The maximum absolute atomic E-state index is 12.8. The first-order valence-corrected chi connectivity index (χ1v) is 10.0. The van der Waals surface area contributed by atoms with E-state index in [1.54, 1.807) is 0 Å². The molecule has 4 nitrogen and oxygen atoms in total. The van der Waals surface area contributed by atoms with E-state index in [-0.39, 0.29) is 5.91 Å². The van der Waals surface area contributed by atoms with Crippen LogP contribution in [-0.4, -0.2) is 53.9 Å². The summed E-state index contributed by atoms with van der Waals surface area (Å²) in [4.78, 5) is 21.3. The fourth-order valence-electron chi connectivity index (χ4n) is 3.77. The lowest BCUT2D eigenvalue weighted by Gasteiger charge is -2.30.